The number of sulfonamides is 1. The van der Waals surface area contributed by atoms with Crippen LogP contribution in [0.1, 0.15) is 45.5 Å². The molecule has 0 aliphatic heterocycles. The fraction of sp³-hybridized carbons (Fsp3) is 0.364. The maximum atomic E-state index is 13.6. The smallest absolute Gasteiger partial charge is 0.264 e. The number of hydrogen-bond acceptors (Lipinski definition) is 4. The van der Waals surface area contributed by atoms with Crippen LogP contribution in [-0.2, 0) is 10.0 Å². The second kappa shape index (κ2) is 9.18. The van der Waals surface area contributed by atoms with Crippen LogP contribution < -0.4 is 4.31 Å². The largest absolute Gasteiger partial charge is 0.309 e. The van der Waals surface area contributed by atoms with E-state index in [1.165, 1.54) is 4.31 Å². The minimum atomic E-state index is -3.76. The molecule has 0 spiro atoms. The van der Waals surface area contributed by atoms with Crippen LogP contribution in [0.5, 0.6) is 0 Å². The van der Waals surface area contributed by atoms with E-state index in [4.69, 9.17) is 11.6 Å². The van der Waals surface area contributed by atoms with E-state index in [2.05, 4.69) is 10.2 Å². The first-order valence-electron chi connectivity index (χ1n) is 10.1. The van der Waals surface area contributed by atoms with Gasteiger partial charge in [-0.15, -0.1) is 10.2 Å². The lowest BCUT2D eigenvalue weighted by atomic mass is 10.1. The summed E-state index contributed by atoms with van der Waals surface area (Å²) in [6.45, 7) is 8.36. The van der Waals surface area contributed by atoms with Crippen molar-refractivity contribution in [3.8, 4) is 11.4 Å². The highest BCUT2D eigenvalue weighted by Gasteiger charge is 2.28. The Morgan fingerprint density at radius 3 is 2.43 bits per heavy atom. The molecule has 160 valence electrons. The second-order valence-corrected chi connectivity index (χ2v) is 9.74. The molecule has 30 heavy (non-hydrogen) atoms. The lowest BCUT2D eigenvalue weighted by molar-refractivity contribution is 0.586. The molecule has 0 unspecified atom stereocenters. The molecule has 2 aromatic carbocycles. The van der Waals surface area contributed by atoms with Crippen LogP contribution in [0.25, 0.3) is 11.4 Å². The molecule has 0 aliphatic rings. The van der Waals surface area contributed by atoms with E-state index in [0.717, 1.165) is 18.7 Å². The SMILES string of the molecule is CCCCN(c1ccc(Cl)cc1-c1nnc(C)n1C(C)C)S(=O)(=O)c1ccccc1. The van der Waals surface area contributed by atoms with E-state index >= 15 is 0 Å². The van der Waals surface area contributed by atoms with Crippen molar-refractivity contribution < 1.29 is 8.42 Å². The molecule has 0 saturated heterocycles. The van der Waals surface area contributed by atoms with Gasteiger partial charge in [0.15, 0.2) is 5.82 Å². The van der Waals surface area contributed by atoms with E-state index in [9.17, 15) is 8.42 Å². The van der Waals surface area contributed by atoms with Crippen molar-refractivity contribution in [1.29, 1.82) is 0 Å². The van der Waals surface area contributed by atoms with E-state index < -0.39 is 10.0 Å². The number of nitrogens with zero attached hydrogens (tertiary/aromatic N) is 4. The first kappa shape index (κ1) is 22.3. The minimum Gasteiger partial charge on any atom is -0.309 e. The highest BCUT2D eigenvalue weighted by molar-refractivity contribution is 7.92. The van der Waals surface area contributed by atoms with Gasteiger partial charge in [-0.25, -0.2) is 8.42 Å². The molecule has 0 radical (unpaired) electrons. The fourth-order valence-corrected chi connectivity index (χ4v) is 5.18. The van der Waals surface area contributed by atoms with Crippen LogP contribution in [0.4, 0.5) is 5.69 Å². The molecule has 3 aromatic rings. The third-order valence-corrected chi connectivity index (χ3v) is 6.96. The topological polar surface area (TPSA) is 68.1 Å². The lowest BCUT2D eigenvalue weighted by Crippen LogP contribution is -2.32. The molecule has 0 amide bonds. The van der Waals surface area contributed by atoms with Crippen molar-refractivity contribution >= 4 is 27.3 Å². The van der Waals surface area contributed by atoms with Crippen molar-refractivity contribution in [2.45, 2.75) is 51.5 Å². The van der Waals surface area contributed by atoms with Gasteiger partial charge in [-0.1, -0.05) is 43.1 Å². The summed E-state index contributed by atoms with van der Waals surface area (Å²) in [5.74, 6) is 1.36. The van der Waals surface area contributed by atoms with E-state index in [1.54, 1.807) is 48.5 Å². The molecular weight excluding hydrogens is 420 g/mol. The maximum Gasteiger partial charge on any atom is 0.264 e. The highest BCUT2D eigenvalue weighted by atomic mass is 35.5. The number of anilines is 1. The Hall–Kier alpha value is -2.38. The maximum absolute atomic E-state index is 13.6. The minimum absolute atomic E-state index is 0.108. The Kier molecular flexibility index (Phi) is 6.83. The number of aryl methyl sites for hydroxylation is 1. The Balaban J connectivity index is 2.24. The Bertz CT molecular complexity index is 1110. The fourth-order valence-electron chi connectivity index (χ4n) is 3.47. The zero-order valence-corrected chi connectivity index (χ0v) is 19.3. The highest BCUT2D eigenvalue weighted by Crippen LogP contribution is 2.36. The average molecular weight is 447 g/mol. The zero-order chi connectivity index (χ0) is 21.9. The molecule has 0 atom stereocenters. The summed E-state index contributed by atoms with van der Waals surface area (Å²) in [7, 11) is -3.76. The monoisotopic (exact) mass is 446 g/mol. The molecular formula is C22H27ClN4O2S. The van der Waals surface area contributed by atoms with Gasteiger partial charge >= 0.3 is 0 Å². The van der Waals surface area contributed by atoms with E-state index in [-0.39, 0.29) is 10.9 Å². The Labute approximate surface area is 183 Å². The molecule has 0 N–H and O–H groups in total. The van der Waals surface area contributed by atoms with Gasteiger partial charge in [0.1, 0.15) is 5.82 Å². The summed E-state index contributed by atoms with van der Waals surface area (Å²) < 4.78 is 30.6. The van der Waals surface area contributed by atoms with Crippen LogP contribution in [0, 0.1) is 6.92 Å². The Morgan fingerprint density at radius 2 is 1.80 bits per heavy atom. The predicted molar refractivity (Wildman–Crippen MR) is 121 cm³/mol. The number of unbranched alkanes of at least 4 members (excludes halogenated alkanes) is 1. The van der Waals surface area contributed by atoms with Crippen LogP contribution in [0.3, 0.4) is 0 Å². The molecule has 0 bridgehead atoms. The van der Waals surface area contributed by atoms with Crippen molar-refractivity contribution in [1.82, 2.24) is 14.8 Å². The quantitative estimate of drug-likeness (QED) is 0.459. The van der Waals surface area contributed by atoms with Crippen LogP contribution in [0.15, 0.2) is 53.4 Å². The molecule has 6 nitrogen and oxygen atoms in total. The predicted octanol–water partition coefficient (Wildman–Crippen LogP) is 5.48. The molecule has 3 rings (SSSR count). The summed E-state index contributed by atoms with van der Waals surface area (Å²) in [5.41, 5.74) is 1.19. The summed E-state index contributed by atoms with van der Waals surface area (Å²) in [4.78, 5) is 0.253. The standard InChI is InChI=1S/C22H27ClN4O2S/c1-5-6-14-26(30(28,29)19-10-8-7-9-11-19)21-13-12-18(23)15-20(21)22-25-24-17(4)27(22)16(2)3/h7-13,15-16H,5-6,14H2,1-4H3. The average Bonchev–Trinajstić information content (AvgIpc) is 3.11. The van der Waals surface area contributed by atoms with Gasteiger partial charge in [-0.2, -0.15) is 0 Å². The van der Waals surface area contributed by atoms with Crippen molar-refractivity contribution in [3.63, 3.8) is 0 Å². The molecule has 0 fully saturated rings. The first-order valence-corrected chi connectivity index (χ1v) is 11.9. The third kappa shape index (κ3) is 4.37. The molecule has 0 aliphatic carbocycles. The molecule has 1 aromatic heterocycles. The van der Waals surface area contributed by atoms with Gasteiger partial charge in [0.2, 0.25) is 0 Å². The van der Waals surface area contributed by atoms with Crippen molar-refractivity contribution in [2.24, 2.45) is 0 Å². The first-order chi connectivity index (χ1) is 14.3. The third-order valence-electron chi connectivity index (χ3n) is 4.90. The van der Waals surface area contributed by atoms with Gasteiger partial charge in [-0.3, -0.25) is 4.31 Å². The van der Waals surface area contributed by atoms with Gasteiger partial charge in [0.25, 0.3) is 10.0 Å². The van der Waals surface area contributed by atoms with Crippen LogP contribution in [0.2, 0.25) is 5.02 Å². The van der Waals surface area contributed by atoms with Gasteiger partial charge in [0.05, 0.1) is 10.6 Å². The summed E-state index contributed by atoms with van der Waals surface area (Å²) in [6.07, 6.45) is 1.59. The van der Waals surface area contributed by atoms with E-state index in [1.807, 2.05) is 32.3 Å². The number of rotatable bonds is 8. The summed E-state index contributed by atoms with van der Waals surface area (Å²) in [5, 5.41) is 9.10. The zero-order valence-electron chi connectivity index (χ0n) is 17.7. The van der Waals surface area contributed by atoms with E-state index in [0.29, 0.717) is 28.6 Å². The van der Waals surface area contributed by atoms with Gasteiger partial charge < -0.3 is 4.57 Å². The van der Waals surface area contributed by atoms with Crippen molar-refractivity contribution in [3.05, 3.63) is 59.4 Å². The lowest BCUT2D eigenvalue weighted by Gasteiger charge is -2.27. The number of hydrogen-bond donors (Lipinski definition) is 0. The normalized spacial score (nSPS) is 11.8. The van der Waals surface area contributed by atoms with Crippen LogP contribution in [-0.4, -0.2) is 29.7 Å². The second-order valence-electron chi connectivity index (χ2n) is 7.44. The number of halogens is 1. The Morgan fingerprint density at radius 1 is 1.10 bits per heavy atom. The number of benzene rings is 2. The van der Waals surface area contributed by atoms with Gasteiger partial charge in [0, 0.05) is 23.2 Å². The molecule has 8 heteroatoms. The van der Waals surface area contributed by atoms with Crippen LogP contribution >= 0.6 is 11.6 Å². The van der Waals surface area contributed by atoms with Crippen molar-refractivity contribution in [2.75, 3.05) is 10.8 Å². The summed E-state index contributed by atoms with van der Waals surface area (Å²) in [6, 6.07) is 13.8. The number of aromatic nitrogens is 3. The summed E-state index contributed by atoms with van der Waals surface area (Å²) >= 11 is 6.32. The molecule has 0 saturated carbocycles. The molecule has 1 heterocycles. The van der Waals surface area contributed by atoms with Gasteiger partial charge in [-0.05, 0) is 57.5 Å².